The minimum absolute atomic E-state index is 0.0139. The first-order chi connectivity index (χ1) is 13.6. The van der Waals surface area contributed by atoms with Gasteiger partial charge in [0.05, 0.1) is 14.2 Å². The molecule has 1 saturated heterocycles. The first-order valence-electron chi connectivity index (χ1n) is 9.28. The van der Waals surface area contributed by atoms with E-state index in [1.807, 2.05) is 11.3 Å². The standard InChI is InChI=1S/C20H28N4O3S/c1-21-20(22-13-15-11-17(26-2)19(25)18(12-15)27-3)24-8-6-23(7-9-24)14-16-5-4-10-28-16/h4-5,10-12,25H,6-9,13-14H2,1-3H3,(H,21,22). The zero-order valence-corrected chi connectivity index (χ0v) is 17.5. The summed E-state index contributed by atoms with van der Waals surface area (Å²) in [6.07, 6.45) is 0. The van der Waals surface area contributed by atoms with Crippen molar-refractivity contribution in [3.63, 3.8) is 0 Å². The molecule has 7 nitrogen and oxygen atoms in total. The van der Waals surface area contributed by atoms with Gasteiger partial charge in [0, 0.05) is 51.2 Å². The van der Waals surface area contributed by atoms with E-state index >= 15 is 0 Å². The number of thiophene rings is 1. The van der Waals surface area contributed by atoms with Gasteiger partial charge in [0.25, 0.3) is 0 Å². The average molecular weight is 405 g/mol. The van der Waals surface area contributed by atoms with E-state index in [9.17, 15) is 5.11 Å². The normalized spacial score (nSPS) is 15.5. The third-order valence-corrected chi connectivity index (χ3v) is 5.69. The smallest absolute Gasteiger partial charge is 0.200 e. The maximum atomic E-state index is 10.1. The molecule has 1 aliphatic rings. The molecule has 0 bridgehead atoms. The van der Waals surface area contributed by atoms with E-state index in [2.05, 4.69) is 37.6 Å². The van der Waals surface area contributed by atoms with Crippen LogP contribution in [-0.4, -0.2) is 68.3 Å². The molecular weight excluding hydrogens is 376 g/mol. The second kappa shape index (κ2) is 9.66. The Bertz CT molecular complexity index is 762. The van der Waals surface area contributed by atoms with Crippen molar-refractivity contribution in [2.24, 2.45) is 4.99 Å². The topological polar surface area (TPSA) is 69.6 Å². The number of aromatic hydroxyl groups is 1. The third-order valence-electron chi connectivity index (χ3n) is 4.83. The quantitative estimate of drug-likeness (QED) is 0.569. The van der Waals surface area contributed by atoms with Gasteiger partial charge in [0.1, 0.15) is 0 Å². The number of methoxy groups -OCH3 is 2. The predicted octanol–water partition coefficient (Wildman–Crippen LogP) is 2.36. The van der Waals surface area contributed by atoms with Crippen LogP contribution in [-0.2, 0) is 13.1 Å². The number of benzene rings is 1. The number of guanidine groups is 1. The van der Waals surface area contributed by atoms with Gasteiger partial charge in [-0.3, -0.25) is 9.89 Å². The van der Waals surface area contributed by atoms with E-state index in [1.165, 1.54) is 19.1 Å². The van der Waals surface area contributed by atoms with Crippen molar-refractivity contribution in [1.82, 2.24) is 15.1 Å². The van der Waals surface area contributed by atoms with Crippen LogP contribution in [0.1, 0.15) is 10.4 Å². The Morgan fingerprint density at radius 3 is 2.39 bits per heavy atom. The fraction of sp³-hybridized carbons (Fsp3) is 0.450. The molecular formula is C20H28N4O3S. The van der Waals surface area contributed by atoms with Gasteiger partial charge in [-0.05, 0) is 29.1 Å². The minimum Gasteiger partial charge on any atom is -0.502 e. The lowest BCUT2D eigenvalue weighted by atomic mass is 10.2. The molecule has 0 saturated carbocycles. The molecule has 8 heteroatoms. The van der Waals surface area contributed by atoms with Crippen molar-refractivity contribution in [2.75, 3.05) is 47.4 Å². The van der Waals surface area contributed by atoms with Crippen molar-refractivity contribution in [1.29, 1.82) is 0 Å². The molecule has 1 aromatic carbocycles. The van der Waals surface area contributed by atoms with Crippen LogP contribution in [0.4, 0.5) is 0 Å². The predicted molar refractivity (Wildman–Crippen MR) is 113 cm³/mol. The lowest BCUT2D eigenvalue weighted by Gasteiger charge is -2.36. The third kappa shape index (κ3) is 4.88. The molecule has 28 heavy (non-hydrogen) atoms. The van der Waals surface area contributed by atoms with Crippen LogP contribution < -0.4 is 14.8 Å². The molecule has 0 atom stereocenters. The van der Waals surface area contributed by atoms with Crippen LogP contribution in [0.25, 0.3) is 0 Å². The minimum atomic E-state index is 0.0139. The first kappa shape index (κ1) is 20.3. The average Bonchev–Trinajstić information content (AvgIpc) is 3.23. The largest absolute Gasteiger partial charge is 0.502 e. The van der Waals surface area contributed by atoms with E-state index in [1.54, 1.807) is 19.2 Å². The molecule has 2 aromatic rings. The summed E-state index contributed by atoms with van der Waals surface area (Å²) < 4.78 is 10.5. The number of hydrogen-bond acceptors (Lipinski definition) is 6. The summed E-state index contributed by atoms with van der Waals surface area (Å²) in [5.74, 6) is 1.68. The molecule has 2 heterocycles. The summed E-state index contributed by atoms with van der Waals surface area (Å²) in [6.45, 7) is 5.49. The summed E-state index contributed by atoms with van der Waals surface area (Å²) in [5, 5.41) is 15.6. The second-order valence-corrected chi connectivity index (χ2v) is 7.62. The molecule has 0 spiro atoms. The van der Waals surface area contributed by atoms with Gasteiger partial charge in [-0.25, -0.2) is 0 Å². The van der Waals surface area contributed by atoms with Gasteiger partial charge in [-0.15, -0.1) is 11.3 Å². The maximum absolute atomic E-state index is 10.1. The fourth-order valence-corrected chi connectivity index (χ4v) is 4.05. The number of phenols is 1. The number of rotatable bonds is 6. The van der Waals surface area contributed by atoms with Gasteiger partial charge in [0.2, 0.25) is 5.75 Å². The van der Waals surface area contributed by atoms with Gasteiger partial charge in [-0.1, -0.05) is 6.07 Å². The lowest BCUT2D eigenvalue weighted by molar-refractivity contribution is 0.173. The molecule has 3 rings (SSSR count). The molecule has 0 aliphatic carbocycles. The molecule has 1 aromatic heterocycles. The highest BCUT2D eigenvalue weighted by Crippen LogP contribution is 2.37. The summed E-state index contributed by atoms with van der Waals surface area (Å²) in [6, 6.07) is 7.90. The Morgan fingerprint density at radius 2 is 1.86 bits per heavy atom. The highest BCUT2D eigenvalue weighted by molar-refractivity contribution is 7.09. The molecule has 1 fully saturated rings. The van der Waals surface area contributed by atoms with Crippen LogP contribution in [0.2, 0.25) is 0 Å². The number of nitrogens with zero attached hydrogens (tertiary/aromatic N) is 3. The number of aliphatic imine (C=N–C) groups is 1. The molecule has 0 amide bonds. The number of ether oxygens (including phenoxy) is 2. The Balaban J connectivity index is 1.55. The molecule has 152 valence electrons. The van der Waals surface area contributed by atoms with Crippen LogP contribution in [0.15, 0.2) is 34.6 Å². The summed E-state index contributed by atoms with van der Waals surface area (Å²) in [5.41, 5.74) is 0.948. The molecule has 2 N–H and O–H groups in total. The summed E-state index contributed by atoms with van der Waals surface area (Å²) in [4.78, 5) is 10.6. The zero-order valence-electron chi connectivity index (χ0n) is 16.6. The SMILES string of the molecule is CN=C(NCc1cc(OC)c(O)c(OC)c1)N1CCN(Cc2cccs2)CC1. The molecule has 1 aliphatic heterocycles. The van der Waals surface area contributed by atoms with Crippen molar-refractivity contribution in [3.8, 4) is 17.2 Å². The number of piperazine rings is 1. The maximum Gasteiger partial charge on any atom is 0.200 e. The van der Waals surface area contributed by atoms with Crippen LogP contribution in [0.5, 0.6) is 17.2 Å². The van der Waals surface area contributed by atoms with Crippen molar-refractivity contribution >= 4 is 17.3 Å². The van der Waals surface area contributed by atoms with Gasteiger partial charge in [-0.2, -0.15) is 0 Å². The Hall–Kier alpha value is -2.45. The second-order valence-electron chi connectivity index (χ2n) is 6.59. The molecule has 0 radical (unpaired) electrons. The Labute approximate surface area is 170 Å². The monoisotopic (exact) mass is 404 g/mol. The van der Waals surface area contributed by atoms with Crippen molar-refractivity contribution in [3.05, 3.63) is 40.1 Å². The fourth-order valence-electron chi connectivity index (χ4n) is 3.30. The van der Waals surface area contributed by atoms with Gasteiger partial charge in [0.15, 0.2) is 17.5 Å². The van der Waals surface area contributed by atoms with Crippen molar-refractivity contribution < 1.29 is 14.6 Å². The Kier molecular flexibility index (Phi) is 7.00. The molecule has 0 unspecified atom stereocenters. The van der Waals surface area contributed by atoms with E-state index in [-0.39, 0.29) is 5.75 Å². The van der Waals surface area contributed by atoms with Crippen LogP contribution in [0, 0.1) is 0 Å². The van der Waals surface area contributed by atoms with E-state index in [4.69, 9.17) is 9.47 Å². The lowest BCUT2D eigenvalue weighted by Crippen LogP contribution is -2.51. The zero-order chi connectivity index (χ0) is 19.9. The van der Waals surface area contributed by atoms with E-state index in [0.717, 1.165) is 44.2 Å². The number of phenolic OH excluding ortho intramolecular Hbond substituents is 1. The van der Waals surface area contributed by atoms with E-state index in [0.29, 0.717) is 18.0 Å². The number of hydrogen-bond donors (Lipinski definition) is 2. The highest BCUT2D eigenvalue weighted by Gasteiger charge is 2.20. The van der Waals surface area contributed by atoms with Crippen LogP contribution >= 0.6 is 11.3 Å². The Morgan fingerprint density at radius 1 is 1.18 bits per heavy atom. The number of nitrogens with one attached hydrogen (secondary N) is 1. The van der Waals surface area contributed by atoms with E-state index < -0.39 is 0 Å². The highest BCUT2D eigenvalue weighted by atomic mass is 32.1. The van der Waals surface area contributed by atoms with Crippen LogP contribution in [0.3, 0.4) is 0 Å². The summed E-state index contributed by atoms with van der Waals surface area (Å²) >= 11 is 1.81. The van der Waals surface area contributed by atoms with Gasteiger partial charge < -0.3 is 24.8 Å². The van der Waals surface area contributed by atoms with Crippen molar-refractivity contribution in [2.45, 2.75) is 13.1 Å². The van der Waals surface area contributed by atoms with Gasteiger partial charge >= 0.3 is 0 Å². The summed E-state index contributed by atoms with van der Waals surface area (Å²) in [7, 11) is 4.86. The first-order valence-corrected chi connectivity index (χ1v) is 10.2.